The molecule has 31 heavy (non-hydrogen) atoms. The summed E-state index contributed by atoms with van der Waals surface area (Å²) in [6.07, 6.45) is 1.39. The highest BCUT2D eigenvalue weighted by molar-refractivity contribution is 7.87. The van der Waals surface area contributed by atoms with Gasteiger partial charge in [0, 0.05) is 10.7 Å². The van der Waals surface area contributed by atoms with Gasteiger partial charge in [0.25, 0.3) is 5.91 Å². The fraction of sp³-hybridized carbons (Fsp3) is 0.0435. The minimum atomic E-state index is -3.96. The third kappa shape index (κ3) is 5.95. The Balaban J connectivity index is 1.72. The summed E-state index contributed by atoms with van der Waals surface area (Å²) < 4.78 is 29.9. The lowest BCUT2D eigenvalue weighted by Gasteiger charge is -2.08. The Morgan fingerprint density at radius 2 is 1.61 bits per heavy atom. The minimum absolute atomic E-state index is 0.0488. The quantitative estimate of drug-likeness (QED) is 0.324. The van der Waals surface area contributed by atoms with Crippen LogP contribution in [0.4, 0.5) is 5.69 Å². The smallest absolute Gasteiger partial charge is 0.339 e. The van der Waals surface area contributed by atoms with E-state index in [1.807, 2.05) is 13.0 Å². The van der Waals surface area contributed by atoms with Gasteiger partial charge in [-0.1, -0.05) is 41.4 Å². The molecule has 0 unspecified atom stereocenters. The van der Waals surface area contributed by atoms with Gasteiger partial charge in [-0.05, 0) is 67.1 Å². The van der Waals surface area contributed by atoms with Crippen LogP contribution in [-0.4, -0.2) is 14.3 Å². The molecule has 156 valence electrons. The van der Waals surface area contributed by atoms with Gasteiger partial charge in [-0.25, -0.2) is 0 Å². The van der Waals surface area contributed by atoms with Crippen molar-refractivity contribution in [3.63, 3.8) is 0 Å². The number of hydrogen-bond donors (Lipinski definition) is 1. The van der Waals surface area contributed by atoms with E-state index in [-0.39, 0.29) is 16.2 Å². The van der Waals surface area contributed by atoms with Crippen LogP contribution < -0.4 is 9.50 Å². The third-order valence-electron chi connectivity index (χ3n) is 4.17. The number of amides is 1. The van der Waals surface area contributed by atoms with Crippen molar-refractivity contribution >= 4 is 39.4 Å². The first-order chi connectivity index (χ1) is 14.8. The molecule has 0 aromatic heterocycles. The van der Waals surface area contributed by atoms with Crippen molar-refractivity contribution in [2.45, 2.75) is 11.8 Å². The fourth-order valence-corrected chi connectivity index (χ4v) is 3.60. The molecule has 1 N–H and O–H groups in total. The summed E-state index contributed by atoms with van der Waals surface area (Å²) in [6, 6.07) is 20.6. The van der Waals surface area contributed by atoms with Crippen molar-refractivity contribution in [2.24, 2.45) is 0 Å². The highest BCUT2D eigenvalue weighted by Crippen LogP contribution is 2.21. The van der Waals surface area contributed by atoms with Crippen LogP contribution in [0.25, 0.3) is 6.08 Å². The molecule has 0 spiro atoms. The number of carbonyl (C=O) groups excluding carboxylic acids is 1. The molecule has 0 saturated heterocycles. The second kappa shape index (κ2) is 9.47. The van der Waals surface area contributed by atoms with Crippen LogP contribution in [0.15, 0.2) is 83.3 Å². The molecule has 0 bridgehead atoms. The van der Waals surface area contributed by atoms with E-state index in [0.717, 1.165) is 5.56 Å². The van der Waals surface area contributed by atoms with E-state index in [2.05, 4.69) is 5.32 Å². The van der Waals surface area contributed by atoms with Crippen molar-refractivity contribution in [1.82, 2.24) is 0 Å². The maximum absolute atomic E-state index is 12.4. The van der Waals surface area contributed by atoms with E-state index in [1.165, 1.54) is 30.3 Å². The zero-order valence-electron chi connectivity index (χ0n) is 16.4. The molecule has 3 aromatic carbocycles. The van der Waals surface area contributed by atoms with Gasteiger partial charge in [-0.15, -0.1) is 0 Å². The molecule has 0 heterocycles. The van der Waals surface area contributed by atoms with Gasteiger partial charge in [0.2, 0.25) is 0 Å². The average molecular weight is 453 g/mol. The lowest BCUT2D eigenvalue weighted by atomic mass is 10.1. The van der Waals surface area contributed by atoms with Crippen molar-refractivity contribution in [2.75, 3.05) is 5.32 Å². The van der Waals surface area contributed by atoms with Crippen molar-refractivity contribution < 1.29 is 17.4 Å². The van der Waals surface area contributed by atoms with Crippen LogP contribution in [0.1, 0.15) is 11.1 Å². The van der Waals surface area contributed by atoms with Crippen LogP contribution in [0.2, 0.25) is 5.02 Å². The van der Waals surface area contributed by atoms with Crippen LogP contribution in [-0.2, 0) is 14.9 Å². The molecule has 8 heteroatoms. The number of aryl methyl sites for hydroxylation is 1. The van der Waals surface area contributed by atoms with Gasteiger partial charge in [-0.3, -0.25) is 4.79 Å². The van der Waals surface area contributed by atoms with Crippen molar-refractivity contribution in [1.29, 1.82) is 5.26 Å². The molecule has 0 fully saturated rings. The number of hydrogen-bond acceptors (Lipinski definition) is 5. The summed E-state index contributed by atoms with van der Waals surface area (Å²) in [5.41, 5.74) is 1.85. The maximum atomic E-state index is 12.4. The van der Waals surface area contributed by atoms with Crippen LogP contribution >= 0.6 is 11.6 Å². The number of rotatable bonds is 6. The van der Waals surface area contributed by atoms with Gasteiger partial charge in [0.05, 0.1) is 0 Å². The normalized spacial score (nSPS) is 11.5. The number of nitriles is 1. The molecule has 3 aromatic rings. The predicted octanol–water partition coefficient (Wildman–Crippen LogP) is 4.96. The molecular formula is C23H17ClN2O4S. The first-order valence-electron chi connectivity index (χ1n) is 9.07. The first-order valence-corrected chi connectivity index (χ1v) is 10.9. The Morgan fingerprint density at radius 3 is 2.19 bits per heavy atom. The van der Waals surface area contributed by atoms with E-state index in [9.17, 15) is 18.5 Å². The summed E-state index contributed by atoms with van der Waals surface area (Å²) >= 11 is 5.81. The molecule has 0 saturated carbocycles. The Hall–Kier alpha value is -3.60. The molecule has 0 aliphatic heterocycles. The third-order valence-corrected chi connectivity index (χ3v) is 5.69. The number of benzene rings is 3. The van der Waals surface area contributed by atoms with Crippen molar-refractivity contribution in [3.05, 3.63) is 94.5 Å². The second-order valence-corrected chi connectivity index (χ2v) is 8.53. The molecule has 1 amide bonds. The summed E-state index contributed by atoms with van der Waals surface area (Å²) in [5, 5.41) is 12.5. The maximum Gasteiger partial charge on any atom is 0.339 e. The second-order valence-electron chi connectivity index (χ2n) is 6.55. The average Bonchev–Trinajstić information content (AvgIpc) is 2.75. The number of halogens is 1. The monoisotopic (exact) mass is 452 g/mol. The summed E-state index contributed by atoms with van der Waals surface area (Å²) in [4.78, 5) is 12.4. The van der Waals surface area contributed by atoms with Crippen molar-refractivity contribution in [3.8, 4) is 11.8 Å². The molecule has 6 nitrogen and oxygen atoms in total. The standard InChI is InChI=1S/C23H17ClN2O4S/c1-16-2-12-22(13-3-16)31(28,29)30-21-10-4-17(5-11-21)14-18(15-25)23(27)26-20-8-6-19(24)7-9-20/h2-14H,1H3,(H,26,27)/b18-14+. The fourth-order valence-electron chi connectivity index (χ4n) is 2.55. The highest BCUT2D eigenvalue weighted by Gasteiger charge is 2.16. The van der Waals surface area contributed by atoms with Gasteiger partial charge in [-0.2, -0.15) is 13.7 Å². The molecule has 0 atom stereocenters. The lowest BCUT2D eigenvalue weighted by molar-refractivity contribution is -0.112. The number of carbonyl (C=O) groups is 1. The van der Waals surface area contributed by atoms with E-state index >= 15 is 0 Å². The number of anilines is 1. The first kappa shape index (κ1) is 22.1. The van der Waals surface area contributed by atoms with E-state index in [0.29, 0.717) is 16.3 Å². The SMILES string of the molecule is Cc1ccc(S(=O)(=O)Oc2ccc(/C=C(\C#N)C(=O)Nc3ccc(Cl)cc3)cc2)cc1. The molecule has 0 radical (unpaired) electrons. The van der Waals surface area contributed by atoms with Gasteiger partial charge >= 0.3 is 10.1 Å². The van der Waals surface area contributed by atoms with E-state index < -0.39 is 16.0 Å². The van der Waals surface area contributed by atoms with E-state index in [4.69, 9.17) is 15.8 Å². The van der Waals surface area contributed by atoms with Crippen LogP contribution in [0, 0.1) is 18.3 Å². The lowest BCUT2D eigenvalue weighted by Crippen LogP contribution is -2.13. The zero-order valence-corrected chi connectivity index (χ0v) is 17.9. The molecule has 0 aliphatic carbocycles. The van der Waals surface area contributed by atoms with E-state index in [1.54, 1.807) is 48.5 Å². The van der Waals surface area contributed by atoms with Crippen LogP contribution in [0.5, 0.6) is 5.75 Å². The number of nitrogens with zero attached hydrogens (tertiary/aromatic N) is 1. The molecule has 0 aliphatic rings. The topological polar surface area (TPSA) is 96.3 Å². The Morgan fingerprint density at radius 1 is 1.00 bits per heavy atom. The summed E-state index contributed by atoms with van der Waals surface area (Å²) in [5.74, 6) is -0.464. The largest absolute Gasteiger partial charge is 0.379 e. The molecular weight excluding hydrogens is 436 g/mol. The zero-order chi connectivity index (χ0) is 22.4. The van der Waals surface area contributed by atoms with Gasteiger partial charge in [0.1, 0.15) is 22.3 Å². The Labute approximate surface area is 185 Å². The van der Waals surface area contributed by atoms with Gasteiger partial charge in [0.15, 0.2) is 0 Å². The Bertz CT molecular complexity index is 1260. The Kier molecular flexibility index (Phi) is 6.75. The molecule has 3 rings (SSSR count). The summed E-state index contributed by atoms with van der Waals surface area (Å²) in [7, 11) is -3.96. The minimum Gasteiger partial charge on any atom is -0.379 e. The predicted molar refractivity (Wildman–Crippen MR) is 119 cm³/mol. The number of nitrogens with one attached hydrogen (secondary N) is 1. The van der Waals surface area contributed by atoms with Crippen LogP contribution in [0.3, 0.4) is 0 Å². The van der Waals surface area contributed by atoms with Gasteiger partial charge < -0.3 is 9.50 Å². The summed E-state index contributed by atoms with van der Waals surface area (Å²) in [6.45, 7) is 1.86. The highest BCUT2D eigenvalue weighted by atomic mass is 35.5.